The second-order valence-corrected chi connectivity index (χ2v) is 19.0. The monoisotopic (exact) mass is 840 g/mol. The van der Waals surface area contributed by atoms with Crippen LogP contribution in [0.2, 0.25) is 5.02 Å². The molecule has 6 aliphatic rings. The molecule has 0 bridgehead atoms. The van der Waals surface area contributed by atoms with Gasteiger partial charge in [0.1, 0.15) is 17.9 Å². The highest BCUT2D eigenvalue weighted by molar-refractivity contribution is 6.33. The van der Waals surface area contributed by atoms with Gasteiger partial charge in [0, 0.05) is 71.7 Å². The van der Waals surface area contributed by atoms with E-state index in [9.17, 15) is 24.0 Å². The average molecular weight is 841 g/mol. The normalized spacial score (nSPS) is 25.0. The van der Waals surface area contributed by atoms with E-state index in [-0.39, 0.29) is 41.7 Å². The Morgan fingerprint density at radius 3 is 2.20 bits per heavy atom. The summed E-state index contributed by atoms with van der Waals surface area (Å²) in [5.74, 6) is 5.98. The smallest absolute Gasteiger partial charge is 0.262 e. The first-order valence-electron chi connectivity index (χ1n) is 21.3. The maximum Gasteiger partial charge on any atom is 0.262 e. The molecule has 3 aromatic carbocycles. The van der Waals surface area contributed by atoms with Gasteiger partial charge in [-0.1, -0.05) is 57.2 Å². The first kappa shape index (κ1) is 40.7. The molecule has 13 heteroatoms. The van der Waals surface area contributed by atoms with Crippen molar-refractivity contribution in [3.8, 4) is 17.6 Å². The summed E-state index contributed by atoms with van der Waals surface area (Å²) in [5.41, 5.74) is 3.88. The summed E-state index contributed by atoms with van der Waals surface area (Å²) in [7, 11) is 0. The first-order chi connectivity index (χ1) is 29.1. The summed E-state index contributed by atoms with van der Waals surface area (Å²) in [6, 6.07) is 15.9. The molecule has 5 heterocycles. The Morgan fingerprint density at radius 1 is 0.803 bits per heavy atom. The second kappa shape index (κ2) is 15.3. The van der Waals surface area contributed by atoms with Crippen LogP contribution in [-0.2, 0) is 16.1 Å². The van der Waals surface area contributed by atoms with Crippen molar-refractivity contribution < 1.29 is 28.7 Å². The van der Waals surface area contributed by atoms with Gasteiger partial charge in [0.05, 0.1) is 22.7 Å². The maximum atomic E-state index is 13.8. The highest BCUT2D eigenvalue weighted by atomic mass is 35.5. The van der Waals surface area contributed by atoms with Crippen LogP contribution in [0.15, 0.2) is 54.6 Å². The lowest BCUT2D eigenvalue weighted by Gasteiger charge is -2.65. The summed E-state index contributed by atoms with van der Waals surface area (Å²) in [4.78, 5) is 75.8. The van der Waals surface area contributed by atoms with E-state index >= 15 is 0 Å². The Bertz CT molecular complexity index is 2470. The summed E-state index contributed by atoms with van der Waals surface area (Å²) in [5, 5.41) is 2.61. The van der Waals surface area contributed by atoms with Crippen molar-refractivity contribution in [2.24, 2.45) is 16.7 Å². The van der Waals surface area contributed by atoms with Crippen LogP contribution in [0.5, 0.6) is 5.75 Å². The molecular weight excluding hydrogens is 792 g/mol. The van der Waals surface area contributed by atoms with Crippen molar-refractivity contribution in [1.29, 1.82) is 0 Å². The molecule has 1 aliphatic carbocycles. The van der Waals surface area contributed by atoms with Crippen molar-refractivity contribution in [1.82, 2.24) is 20.0 Å². The Kier molecular flexibility index (Phi) is 10.2. The number of ether oxygens (including phenoxy) is 1. The van der Waals surface area contributed by atoms with Gasteiger partial charge in [-0.3, -0.25) is 34.2 Å². The molecule has 5 amide bonds. The van der Waals surface area contributed by atoms with Gasteiger partial charge in [0.25, 0.3) is 17.7 Å². The molecule has 3 aromatic rings. The van der Waals surface area contributed by atoms with Gasteiger partial charge in [0.2, 0.25) is 17.5 Å². The summed E-state index contributed by atoms with van der Waals surface area (Å²) in [6.45, 7) is 20.1. The lowest BCUT2D eigenvalue weighted by atomic mass is 9.49. The van der Waals surface area contributed by atoms with Gasteiger partial charge in [0.15, 0.2) is 0 Å². The lowest BCUT2D eigenvalue weighted by Crippen LogP contribution is -2.74. The number of halogens is 1. The van der Waals surface area contributed by atoms with E-state index in [1.165, 1.54) is 0 Å². The summed E-state index contributed by atoms with van der Waals surface area (Å²) < 4.78 is 6.49. The van der Waals surface area contributed by atoms with Crippen molar-refractivity contribution in [3.63, 3.8) is 0 Å². The van der Waals surface area contributed by atoms with E-state index in [1.807, 2.05) is 23.1 Å². The predicted molar refractivity (Wildman–Crippen MR) is 229 cm³/mol. The van der Waals surface area contributed by atoms with Gasteiger partial charge < -0.3 is 19.4 Å². The van der Waals surface area contributed by atoms with Crippen LogP contribution < -0.4 is 15.0 Å². The molecule has 314 valence electrons. The molecule has 12 nitrogen and oxygen atoms in total. The summed E-state index contributed by atoms with van der Waals surface area (Å²) >= 11 is 6.31. The third kappa shape index (κ3) is 7.04. The first-order valence-corrected chi connectivity index (χ1v) is 21.7. The van der Waals surface area contributed by atoms with Crippen LogP contribution >= 0.6 is 11.6 Å². The Labute approximate surface area is 361 Å². The number of imide groups is 2. The molecule has 61 heavy (non-hydrogen) atoms. The minimum absolute atomic E-state index is 0.0407. The van der Waals surface area contributed by atoms with Crippen LogP contribution in [0, 0.1) is 35.2 Å². The highest BCUT2D eigenvalue weighted by Gasteiger charge is 2.67. The van der Waals surface area contributed by atoms with Crippen LogP contribution in [0.1, 0.15) is 108 Å². The quantitative estimate of drug-likeness (QED) is 0.162. The standard InChI is InChI=1S/C48H49ClN6O6/c1-47(2)45(48(3,4)46(47)61-33-10-13-38(50-5)37(49)26-33)54-27-30-24-29(8-11-34(30)42(54)58)7-6-28-16-20-52(21-17-28)31-18-22-53(23-19-31)32-9-12-35-36(25-32)44(60)55(43(35)59)39-14-15-40(56)51-41(39)57/h8-13,24-26,28,31,39,45-46H,14-23,27H2,1-4H3,(H,51,56,57). The van der Waals surface area contributed by atoms with Crippen LogP contribution in [-0.4, -0.2) is 94.6 Å². The van der Waals surface area contributed by atoms with Crippen LogP contribution in [0.25, 0.3) is 4.85 Å². The van der Waals surface area contributed by atoms with Crippen molar-refractivity contribution in [2.75, 3.05) is 31.1 Å². The number of rotatable bonds is 6. The fourth-order valence-electron chi connectivity index (χ4n) is 11.4. The van der Waals surface area contributed by atoms with E-state index in [4.69, 9.17) is 22.9 Å². The second-order valence-electron chi connectivity index (χ2n) is 18.5. The number of benzene rings is 3. The highest BCUT2D eigenvalue weighted by Crippen LogP contribution is 2.59. The molecule has 9 rings (SSSR count). The zero-order chi connectivity index (χ0) is 43.0. The average Bonchev–Trinajstić information content (AvgIpc) is 3.68. The number of carbonyl (C=O) groups is 5. The van der Waals surface area contributed by atoms with Crippen molar-refractivity contribution >= 4 is 52.5 Å². The Balaban J connectivity index is 0.770. The van der Waals surface area contributed by atoms with Gasteiger partial charge >= 0.3 is 0 Å². The fourth-order valence-corrected chi connectivity index (χ4v) is 11.6. The van der Waals surface area contributed by atoms with Crippen molar-refractivity contribution in [2.45, 2.75) is 97.0 Å². The number of fused-ring (bicyclic) bond motifs is 2. The lowest BCUT2D eigenvalue weighted by molar-refractivity contribution is -0.199. The Morgan fingerprint density at radius 2 is 1.51 bits per heavy atom. The molecule has 0 spiro atoms. The summed E-state index contributed by atoms with van der Waals surface area (Å²) in [6.07, 6.45) is 4.04. The number of carbonyl (C=O) groups excluding carboxylic acids is 5. The third-order valence-electron chi connectivity index (χ3n) is 14.0. The fraction of sp³-hybridized carbons (Fsp3) is 0.458. The molecule has 4 fully saturated rings. The minimum Gasteiger partial charge on any atom is -0.489 e. The Hall–Kier alpha value is -5.69. The van der Waals surface area contributed by atoms with Gasteiger partial charge in [-0.2, -0.15) is 0 Å². The molecule has 1 saturated carbocycles. The van der Waals surface area contributed by atoms with E-state index in [0.29, 0.717) is 46.1 Å². The topological polar surface area (TPSA) is 124 Å². The molecule has 0 aromatic heterocycles. The molecule has 3 saturated heterocycles. The molecule has 1 unspecified atom stereocenters. The molecule has 5 aliphatic heterocycles. The number of nitrogens with one attached hydrogen (secondary N) is 1. The minimum atomic E-state index is -0.975. The van der Waals surface area contributed by atoms with Crippen LogP contribution in [0.4, 0.5) is 11.4 Å². The number of anilines is 1. The van der Waals surface area contributed by atoms with E-state index < -0.39 is 29.7 Å². The predicted octanol–water partition coefficient (Wildman–Crippen LogP) is 6.86. The molecular formula is C48H49ClN6O6. The van der Waals surface area contributed by atoms with Gasteiger partial charge in [-0.25, -0.2) is 4.85 Å². The van der Waals surface area contributed by atoms with Gasteiger partial charge in [-0.15, -0.1) is 0 Å². The number of nitrogens with zero attached hydrogens (tertiary/aromatic N) is 5. The van der Waals surface area contributed by atoms with Gasteiger partial charge in [-0.05, 0) is 99.3 Å². The zero-order valence-corrected chi connectivity index (χ0v) is 35.7. The molecule has 1 atom stereocenters. The number of piperidine rings is 3. The third-order valence-corrected chi connectivity index (χ3v) is 14.3. The maximum absolute atomic E-state index is 13.8. The number of likely N-dealkylation sites (tertiary alicyclic amines) is 1. The van der Waals surface area contributed by atoms with E-state index in [0.717, 1.165) is 79.1 Å². The van der Waals surface area contributed by atoms with Crippen LogP contribution in [0.3, 0.4) is 0 Å². The number of hydrogen-bond acceptors (Lipinski definition) is 8. The van der Waals surface area contributed by atoms with E-state index in [1.54, 1.807) is 30.3 Å². The molecule has 0 radical (unpaired) electrons. The number of amides is 5. The van der Waals surface area contributed by atoms with Crippen molar-refractivity contribution in [3.05, 3.63) is 98.9 Å². The molecule has 1 N–H and O–H groups in total. The largest absolute Gasteiger partial charge is 0.489 e. The SMILES string of the molecule is [C-]#[N+]c1ccc(OC2C(C)(C)C(N3Cc4cc(C#CC5CCN(C6CCN(c7ccc8c(c7)C(=O)N(C7CCC(=O)NC7=O)C8=O)CC6)CC5)ccc4C3=O)C2(C)C)cc1Cl. The zero-order valence-electron chi connectivity index (χ0n) is 34.9. The van der Waals surface area contributed by atoms with E-state index in [2.05, 4.69) is 65.6 Å². The number of hydrogen-bond donors (Lipinski definition) is 1.